The molecule has 2 aromatic rings. The Balaban J connectivity index is 2.21. The van der Waals surface area contributed by atoms with E-state index >= 15 is 0 Å². The van der Waals surface area contributed by atoms with Gasteiger partial charge in [-0.05, 0) is 29.7 Å². The van der Waals surface area contributed by atoms with Gasteiger partial charge >= 0.3 is 0 Å². The van der Waals surface area contributed by atoms with Gasteiger partial charge < -0.3 is 9.88 Å². The van der Waals surface area contributed by atoms with Crippen LogP contribution in [0.5, 0.6) is 0 Å². The molecule has 0 unspecified atom stereocenters. The fraction of sp³-hybridized carbons (Fsp3) is 0.471. The number of aryl methyl sites for hydroxylation is 1. The minimum Gasteiger partial charge on any atom is -0.335 e. The Morgan fingerprint density at radius 2 is 2.10 bits per heavy atom. The van der Waals surface area contributed by atoms with E-state index in [1.807, 2.05) is 12.3 Å². The minimum absolute atomic E-state index is 0.468. The molecule has 0 spiro atoms. The van der Waals surface area contributed by atoms with Gasteiger partial charge in [-0.1, -0.05) is 38.4 Å². The van der Waals surface area contributed by atoms with Gasteiger partial charge in [0.1, 0.15) is 5.82 Å². The van der Waals surface area contributed by atoms with Crippen LogP contribution < -0.4 is 5.32 Å². The lowest BCUT2D eigenvalue weighted by Crippen LogP contribution is -2.22. The number of aromatic nitrogens is 2. The second kappa shape index (κ2) is 7.62. The SMILES string of the molecule is CCCn1ccnc1Cc1cc(Cl)ccc1CNC(C)C. The van der Waals surface area contributed by atoms with Gasteiger partial charge in [-0.25, -0.2) is 4.98 Å². The molecule has 4 heteroatoms. The number of nitrogens with zero attached hydrogens (tertiary/aromatic N) is 2. The van der Waals surface area contributed by atoms with Gasteiger partial charge in [0.15, 0.2) is 0 Å². The van der Waals surface area contributed by atoms with Gasteiger partial charge in [-0.3, -0.25) is 0 Å². The minimum atomic E-state index is 0.468. The number of halogens is 1. The topological polar surface area (TPSA) is 29.9 Å². The van der Waals surface area contributed by atoms with Gasteiger partial charge in [0.05, 0.1) is 0 Å². The van der Waals surface area contributed by atoms with Crippen molar-refractivity contribution in [2.75, 3.05) is 0 Å². The van der Waals surface area contributed by atoms with Gasteiger partial charge in [0.25, 0.3) is 0 Å². The number of benzene rings is 1. The van der Waals surface area contributed by atoms with Crippen LogP contribution in [0.25, 0.3) is 0 Å². The zero-order chi connectivity index (χ0) is 15.2. The monoisotopic (exact) mass is 305 g/mol. The van der Waals surface area contributed by atoms with Crippen LogP contribution in [0.15, 0.2) is 30.6 Å². The lowest BCUT2D eigenvalue weighted by atomic mass is 10.0. The third-order valence-corrected chi connectivity index (χ3v) is 3.72. The highest BCUT2D eigenvalue weighted by molar-refractivity contribution is 6.30. The van der Waals surface area contributed by atoms with Gasteiger partial charge in [0, 0.05) is 43.0 Å². The van der Waals surface area contributed by atoms with E-state index in [1.54, 1.807) is 0 Å². The summed E-state index contributed by atoms with van der Waals surface area (Å²) >= 11 is 6.17. The second-order valence-corrected chi connectivity index (χ2v) is 6.10. The van der Waals surface area contributed by atoms with Crippen LogP contribution in [0.3, 0.4) is 0 Å². The molecule has 1 N–H and O–H groups in total. The molecule has 1 aromatic heterocycles. The molecule has 0 amide bonds. The predicted molar refractivity (Wildman–Crippen MR) is 88.8 cm³/mol. The van der Waals surface area contributed by atoms with Gasteiger partial charge in [0.2, 0.25) is 0 Å². The first-order chi connectivity index (χ1) is 10.1. The lowest BCUT2D eigenvalue weighted by molar-refractivity contribution is 0.585. The maximum absolute atomic E-state index is 6.17. The quantitative estimate of drug-likeness (QED) is 0.837. The van der Waals surface area contributed by atoms with Crippen molar-refractivity contribution in [2.24, 2.45) is 0 Å². The van der Waals surface area contributed by atoms with E-state index < -0.39 is 0 Å². The summed E-state index contributed by atoms with van der Waals surface area (Å²) in [6, 6.07) is 6.60. The average Bonchev–Trinajstić information content (AvgIpc) is 2.85. The highest BCUT2D eigenvalue weighted by Gasteiger charge is 2.09. The first-order valence-electron chi connectivity index (χ1n) is 7.60. The van der Waals surface area contributed by atoms with Crippen molar-refractivity contribution >= 4 is 11.6 Å². The molecule has 0 saturated carbocycles. The fourth-order valence-electron chi connectivity index (χ4n) is 2.37. The molecular weight excluding hydrogens is 282 g/mol. The van der Waals surface area contributed by atoms with Crippen LogP contribution in [0.2, 0.25) is 5.02 Å². The van der Waals surface area contributed by atoms with Crippen molar-refractivity contribution in [3.63, 3.8) is 0 Å². The Morgan fingerprint density at radius 3 is 2.81 bits per heavy atom. The Hall–Kier alpha value is -1.32. The molecule has 0 fully saturated rings. The van der Waals surface area contributed by atoms with Crippen molar-refractivity contribution in [1.29, 1.82) is 0 Å². The summed E-state index contributed by atoms with van der Waals surface area (Å²) < 4.78 is 2.22. The number of imidazole rings is 1. The molecule has 2 rings (SSSR count). The molecule has 1 heterocycles. The highest BCUT2D eigenvalue weighted by atomic mass is 35.5. The van der Waals surface area contributed by atoms with Crippen LogP contribution in [-0.2, 0) is 19.5 Å². The summed E-state index contributed by atoms with van der Waals surface area (Å²) in [7, 11) is 0. The third-order valence-electron chi connectivity index (χ3n) is 3.48. The van der Waals surface area contributed by atoms with Crippen LogP contribution in [0.4, 0.5) is 0 Å². The van der Waals surface area contributed by atoms with E-state index in [0.717, 1.165) is 36.8 Å². The second-order valence-electron chi connectivity index (χ2n) is 5.66. The number of nitrogens with one attached hydrogen (secondary N) is 1. The Kier molecular flexibility index (Phi) is 5.83. The maximum atomic E-state index is 6.17. The number of hydrogen-bond acceptors (Lipinski definition) is 2. The Morgan fingerprint density at radius 1 is 1.29 bits per heavy atom. The summed E-state index contributed by atoms with van der Waals surface area (Å²) in [5, 5.41) is 4.25. The molecule has 0 atom stereocenters. The van der Waals surface area contributed by atoms with E-state index in [1.165, 1.54) is 11.1 Å². The van der Waals surface area contributed by atoms with Crippen molar-refractivity contribution in [2.45, 2.75) is 52.7 Å². The maximum Gasteiger partial charge on any atom is 0.113 e. The zero-order valence-electron chi connectivity index (χ0n) is 13.1. The molecule has 0 aliphatic heterocycles. The van der Waals surface area contributed by atoms with E-state index in [4.69, 9.17) is 11.6 Å². The zero-order valence-corrected chi connectivity index (χ0v) is 13.8. The molecule has 0 radical (unpaired) electrons. The molecule has 3 nitrogen and oxygen atoms in total. The Bertz CT molecular complexity index is 575. The smallest absolute Gasteiger partial charge is 0.113 e. The standard InChI is InChI=1S/C17H24ClN3/c1-4-8-21-9-7-19-17(21)11-15-10-16(18)6-5-14(15)12-20-13(2)3/h5-7,9-10,13,20H,4,8,11-12H2,1-3H3. The molecule has 0 bridgehead atoms. The van der Waals surface area contributed by atoms with Gasteiger partial charge in [-0.15, -0.1) is 0 Å². The highest BCUT2D eigenvalue weighted by Crippen LogP contribution is 2.19. The number of hydrogen-bond donors (Lipinski definition) is 1. The first-order valence-corrected chi connectivity index (χ1v) is 7.98. The van der Waals surface area contributed by atoms with E-state index in [2.05, 4.69) is 54.0 Å². The van der Waals surface area contributed by atoms with Crippen LogP contribution in [0.1, 0.15) is 44.1 Å². The molecular formula is C17H24ClN3. The van der Waals surface area contributed by atoms with Crippen molar-refractivity contribution in [1.82, 2.24) is 14.9 Å². The fourth-order valence-corrected chi connectivity index (χ4v) is 2.56. The molecule has 21 heavy (non-hydrogen) atoms. The van der Waals surface area contributed by atoms with Gasteiger partial charge in [-0.2, -0.15) is 0 Å². The molecule has 0 saturated heterocycles. The molecule has 114 valence electrons. The Labute approximate surface area is 132 Å². The predicted octanol–water partition coefficient (Wildman–Crippen LogP) is 4.04. The van der Waals surface area contributed by atoms with Crippen LogP contribution >= 0.6 is 11.6 Å². The summed E-state index contributed by atoms with van der Waals surface area (Å²) in [4.78, 5) is 4.50. The van der Waals surface area contributed by atoms with E-state index in [0.29, 0.717) is 6.04 Å². The lowest BCUT2D eigenvalue weighted by Gasteiger charge is -2.14. The normalized spacial score (nSPS) is 11.3. The van der Waals surface area contributed by atoms with Crippen molar-refractivity contribution in [3.05, 3.63) is 52.6 Å². The van der Waals surface area contributed by atoms with E-state index in [9.17, 15) is 0 Å². The largest absolute Gasteiger partial charge is 0.335 e. The summed E-state index contributed by atoms with van der Waals surface area (Å²) in [5.41, 5.74) is 2.54. The summed E-state index contributed by atoms with van der Waals surface area (Å²) in [6.45, 7) is 8.36. The molecule has 0 aliphatic carbocycles. The summed E-state index contributed by atoms with van der Waals surface area (Å²) in [5.74, 6) is 1.10. The first kappa shape index (κ1) is 16.1. The van der Waals surface area contributed by atoms with Crippen molar-refractivity contribution in [3.8, 4) is 0 Å². The molecule has 1 aromatic carbocycles. The van der Waals surface area contributed by atoms with Crippen LogP contribution in [0, 0.1) is 0 Å². The number of rotatable bonds is 7. The molecule has 0 aliphatic rings. The van der Waals surface area contributed by atoms with E-state index in [-0.39, 0.29) is 0 Å². The average molecular weight is 306 g/mol. The third kappa shape index (κ3) is 4.58. The summed E-state index contributed by atoms with van der Waals surface area (Å²) in [6.07, 6.45) is 5.86. The van der Waals surface area contributed by atoms with Crippen molar-refractivity contribution < 1.29 is 0 Å². The van der Waals surface area contributed by atoms with Crippen LogP contribution in [-0.4, -0.2) is 15.6 Å².